The predicted octanol–water partition coefficient (Wildman–Crippen LogP) is 1.93. The third-order valence-corrected chi connectivity index (χ3v) is 1.60. The molecule has 0 aromatic carbocycles. The molecule has 0 saturated heterocycles. The summed E-state index contributed by atoms with van der Waals surface area (Å²) in [6.45, 7) is 0.00219. The summed E-state index contributed by atoms with van der Waals surface area (Å²) < 4.78 is 17.8. The molecule has 0 amide bonds. The average Bonchev–Trinajstić information content (AvgIpc) is 2.15. The van der Waals surface area contributed by atoms with Gasteiger partial charge in [0.05, 0.1) is 11.2 Å². The van der Waals surface area contributed by atoms with Crippen LogP contribution in [0.15, 0.2) is 30.4 Å². The zero-order valence-electron chi connectivity index (χ0n) is 7.41. The number of ether oxygens (including phenoxy) is 1. The fourth-order valence-corrected chi connectivity index (χ4v) is 0.974. The van der Waals surface area contributed by atoms with Crippen molar-refractivity contribution in [3.05, 3.63) is 35.4 Å². The third kappa shape index (κ3) is 3.72. The van der Waals surface area contributed by atoms with Crippen LogP contribution in [0.4, 0.5) is 4.39 Å². The summed E-state index contributed by atoms with van der Waals surface area (Å²) in [5.74, 6) is 0.0190. The van der Waals surface area contributed by atoms with Gasteiger partial charge in [0.2, 0.25) is 0 Å². The van der Waals surface area contributed by atoms with Crippen LogP contribution in [0.5, 0.6) is 5.75 Å². The smallest absolute Gasteiger partial charge is 0.139 e. The van der Waals surface area contributed by atoms with Crippen LogP contribution in [0.1, 0.15) is 0 Å². The van der Waals surface area contributed by atoms with E-state index in [4.69, 9.17) is 22.1 Å². The predicted molar refractivity (Wildman–Crippen MR) is 53.0 cm³/mol. The summed E-state index contributed by atoms with van der Waals surface area (Å²) in [5, 5.41) is 0.450. The molecule has 0 spiro atoms. The zero-order chi connectivity index (χ0) is 10.4. The Balaban J connectivity index is 2.49. The van der Waals surface area contributed by atoms with Crippen molar-refractivity contribution in [1.82, 2.24) is 4.98 Å². The number of halogens is 2. The molecule has 0 bridgehead atoms. The highest BCUT2D eigenvalue weighted by atomic mass is 35.5. The van der Waals surface area contributed by atoms with Gasteiger partial charge in [0, 0.05) is 18.8 Å². The highest BCUT2D eigenvalue weighted by Crippen LogP contribution is 2.15. The fraction of sp³-hybridized carbons (Fsp3) is 0.222. The van der Waals surface area contributed by atoms with E-state index < -0.39 is 5.83 Å². The van der Waals surface area contributed by atoms with Crippen LogP contribution < -0.4 is 10.5 Å². The van der Waals surface area contributed by atoms with E-state index in [9.17, 15) is 4.39 Å². The minimum atomic E-state index is -0.410. The molecule has 5 heteroatoms. The molecular formula is C9H10ClFN2O. The summed E-state index contributed by atoms with van der Waals surface area (Å²) in [6.07, 6.45) is 4.18. The first-order valence-electron chi connectivity index (χ1n) is 4.00. The van der Waals surface area contributed by atoms with E-state index in [1.807, 2.05) is 0 Å². The number of rotatable bonds is 4. The highest BCUT2D eigenvalue weighted by molar-refractivity contribution is 6.30. The second-order valence-electron chi connectivity index (χ2n) is 2.51. The molecule has 2 N–H and O–H groups in total. The summed E-state index contributed by atoms with van der Waals surface area (Å²) in [6, 6.07) is 1.56. The Hall–Kier alpha value is -1.13. The zero-order valence-corrected chi connectivity index (χ0v) is 8.17. The molecule has 0 fully saturated rings. The molecule has 0 aliphatic carbocycles. The average molecular weight is 217 g/mol. The van der Waals surface area contributed by atoms with E-state index in [1.165, 1.54) is 18.5 Å². The van der Waals surface area contributed by atoms with E-state index in [-0.39, 0.29) is 13.2 Å². The topological polar surface area (TPSA) is 48.1 Å². The molecule has 0 aliphatic rings. The van der Waals surface area contributed by atoms with E-state index in [2.05, 4.69) is 4.98 Å². The van der Waals surface area contributed by atoms with Crippen molar-refractivity contribution in [3.63, 3.8) is 0 Å². The van der Waals surface area contributed by atoms with Crippen LogP contribution in [0.3, 0.4) is 0 Å². The quantitative estimate of drug-likeness (QED) is 0.837. The van der Waals surface area contributed by atoms with E-state index in [0.717, 1.165) is 0 Å². The van der Waals surface area contributed by atoms with Crippen LogP contribution in [-0.2, 0) is 0 Å². The monoisotopic (exact) mass is 216 g/mol. The molecule has 0 saturated carbocycles. The van der Waals surface area contributed by atoms with Gasteiger partial charge in [0.25, 0.3) is 0 Å². The SMILES string of the molecule is NC/C=C(\F)COc1cncc(Cl)c1. The van der Waals surface area contributed by atoms with Gasteiger partial charge in [-0.3, -0.25) is 4.98 Å². The minimum absolute atomic E-state index is 0.154. The van der Waals surface area contributed by atoms with Gasteiger partial charge in [-0.15, -0.1) is 0 Å². The lowest BCUT2D eigenvalue weighted by Crippen LogP contribution is -2.01. The Morgan fingerprint density at radius 1 is 1.64 bits per heavy atom. The van der Waals surface area contributed by atoms with E-state index >= 15 is 0 Å². The molecule has 0 unspecified atom stereocenters. The maximum Gasteiger partial charge on any atom is 0.139 e. The number of hydrogen-bond acceptors (Lipinski definition) is 3. The Labute approximate surface area is 86.3 Å². The lowest BCUT2D eigenvalue weighted by Gasteiger charge is -2.03. The number of nitrogens with zero attached hydrogens (tertiary/aromatic N) is 1. The number of pyridine rings is 1. The van der Waals surface area contributed by atoms with Gasteiger partial charge in [0.15, 0.2) is 0 Å². The maximum atomic E-state index is 12.8. The number of aromatic nitrogens is 1. The molecular weight excluding hydrogens is 207 g/mol. The fourth-order valence-electron chi connectivity index (χ4n) is 0.810. The van der Waals surface area contributed by atoms with Crippen LogP contribution in [0.2, 0.25) is 5.02 Å². The molecule has 1 aromatic heterocycles. The summed E-state index contributed by atoms with van der Waals surface area (Å²) in [7, 11) is 0. The molecule has 14 heavy (non-hydrogen) atoms. The lowest BCUT2D eigenvalue weighted by atomic mass is 10.4. The van der Waals surface area contributed by atoms with Gasteiger partial charge in [-0.05, 0) is 6.08 Å². The lowest BCUT2D eigenvalue weighted by molar-refractivity contribution is 0.317. The molecule has 3 nitrogen and oxygen atoms in total. The highest BCUT2D eigenvalue weighted by Gasteiger charge is 1.98. The van der Waals surface area contributed by atoms with Gasteiger partial charge < -0.3 is 10.5 Å². The van der Waals surface area contributed by atoms with Crippen molar-refractivity contribution in [2.24, 2.45) is 5.73 Å². The van der Waals surface area contributed by atoms with E-state index in [0.29, 0.717) is 10.8 Å². The summed E-state index contributed by atoms with van der Waals surface area (Å²) in [4.78, 5) is 3.78. The Morgan fingerprint density at radius 2 is 2.43 bits per heavy atom. The van der Waals surface area contributed by atoms with Crippen LogP contribution in [0.25, 0.3) is 0 Å². The second-order valence-corrected chi connectivity index (χ2v) is 2.95. The van der Waals surface area contributed by atoms with Gasteiger partial charge in [-0.25, -0.2) is 4.39 Å². The first-order chi connectivity index (χ1) is 6.72. The molecule has 0 aliphatic heterocycles. The standard InChI is InChI=1S/C9H10ClFN2O/c10-7-3-9(5-13-4-7)14-6-8(11)1-2-12/h1,3-5H,2,6,12H2/b8-1-. The largest absolute Gasteiger partial charge is 0.485 e. The van der Waals surface area contributed by atoms with Crippen molar-refractivity contribution in [2.45, 2.75) is 0 Å². The molecule has 1 heterocycles. The van der Waals surface area contributed by atoms with Crippen LogP contribution >= 0.6 is 11.6 Å². The molecule has 0 radical (unpaired) electrons. The second kappa shape index (κ2) is 5.57. The molecule has 1 rings (SSSR count). The molecule has 0 atom stereocenters. The minimum Gasteiger partial charge on any atom is -0.485 e. The van der Waals surface area contributed by atoms with Crippen molar-refractivity contribution in [1.29, 1.82) is 0 Å². The van der Waals surface area contributed by atoms with Crippen LogP contribution in [-0.4, -0.2) is 18.1 Å². The first kappa shape index (κ1) is 10.9. The Morgan fingerprint density at radius 3 is 3.07 bits per heavy atom. The summed E-state index contributed by atoms with van der Waals surface area (Å²) in [5.41, 5.74) is 5.12. The molecule has 1 aromatic rings. The van der Waals surface area contributed by atoms with Gasteiger partial charge in [-0.1, -0.05) is 11.6 Å². The third-order valence-electron chi connectivity index (χ3n) is 1.40. The van der Waals surface area contributed by atoms with Crippen LogP contribution in [0, 0.1) is 0 Å². The normalized spacial score (nSPS) is 11.5. The number of hydrogen-bond donors (Lipinski definition) is 1. The molecule has 76 valence electrons. The van der Waals surface area contributed by atoms with Crippen molar-refractivity contribution in [3.8, 4) is 5.75 Å². The Bertz CT molecular complexity index is 330. The first-order valence-corrected chi connectivity index (χ1v) is 4.38. The van der Waals surface area contributed by atoms with Crippen molar-refractivity contribution >= 4 is 11.6 Å². The van der Waals surface area contributed by atoms with Gasteiger partial charge in [0.1, 0.15) is 18.2 Å². The maximum absolute atomic E-state index is 12.8. The van der Waals surface area contributed by atoms with Gasteiger partial charge in [-0.2, -0.15) is 0 Å². The Kier molecular flexibility index (Phi) is 4.35. The van der Waals surface area contributed by atoms with E-state index in [1.54, 1.807) is 6.07 Å². The van der Waals surface area contributed by atoms with Crippen molar-refractivity contribution < 1.29 is 9.13 Å². The number of nitrogens with two attached hydrogens (primary N) is 1. The summed E-state index contributed by atoms with van der Waals surface area (Å²) >= 11 is 5.65. The van der Waals surface area contributed by atoms with Crippen molar-refractivity contribution in [2.75, 3.05) is 13.2 Å². The van der Waals surface area contributed by atoms with Gasteiger partial charge >= 0.3 is 0 Å².